The second-order valence-electron chi connectivity index (χ2n) is 2.82. The van der Waals surface area contributed by atoms with Crippen LogP contribution in [0.1, 0.15) is 12.5 Å². The molecule has 0 fully saturated rings. The minimum Gasteiger partial charge on any atom is -0.315 e. The van der Waals surface area contributed by atoms with Gasteiger partial charge in [0.05, 0.1) is 0 Å². The molecule has 0 saturated carbocycles. The Balaban J connectivity index is 2.56. The molecule has 1 rings (SSSR count). The SMILES string of the molecule is C/C=C/NC(=O)Nc1cc(C)ccn1. The number of hydrogen-bond acceptors (Lipinski definition) is 2. The van der Waals surface area contributed by atoms with Crippen LogP contribution in [0.3, 0.4) is 0 Å². The molecule has 0 atom stereocenters. The van der Waals surface area contributed by atoms with Gasteiger partial charge in [-0.25, -0.2) is 9.78 Å². The van der Waals surface area contributed by atoms with E-state index >= 15 is 0 Å². The fourth-order valence-electron chi connectivity index (χ4n) is 0.916. The highest BCUT2D eigenvalue weighted by Gasteiger charge is 1.99. The van der Waals surface area contributed by atoms with Crippen LogP contribution >= 0.6 is 0 Å². The molecule has 1 aromatic rings. The number of carbonyl (C=O) groups excluding carboxylic acids is 1. The van der Waals surface area contributed by atoms with E-state index in [1.165, 1.54) is 0 Å². The number of nitrogens with one attached hydrogen (secondary N) is 2. The molecule has 4 nitrogen and oxygen atoms in total. The number of aryl methyl sites for hydroxylation is 1. The van der Waals surface area contributed by atoms with E-state index in [1.54, 1.807) is 24.5 Å². The Morgan fingerprint density at radius 2 is 2.36 bits per heavy atom. The summed E-state index contributed by atoms with van der Waals surface area (Å²) >= 11 is 0. The van der Waals surface area contributed by atoms with Crippen molar-refractivity contribution in [3.05, 3.63) is 36.2 Å². The molecular formula is C10H13N3O. The number of carbonyl (C=O) groups is 1. The number of urea groups is 1. The van der Waals surface area contributed by atoms with Crippen molar-refractivity contribution < 1.29 is 4.79 Å². The molecule has 4 heteroatoms. The fourth-order valence-corrected chi connectivity index (χ4v) is 0.916. The minimum absolute atomic E-state index is 0.291. The Bertz CT molecular complexity index is 347. The molecule has 0 unspecified atom stereocenters. The lowest BCUT2D eigenvalue weighted by molar-refractivity contribution is 0.255. The lowest BCUT2D eigenvalue weighted by Crippen LogP contribution is -2.24. The molecular weight excluding hydrogens is 178 g/mol. The maximum absolute atomic E-state index is 11.2. The molecule has 0 aliphatic rings. The summed E-state index contributed by atoms with van der Waals surface area (Å²) in [6, 6.07) is 3.38. The van der Waals surface area contributed by atoms with Crippen molar-refractivity contribution in [3.63, 3.8) is 0 Å². The van der Waals surface area contributed by atoms with Crippen molar-refractivity contribution >= 4 is 11.8 Å². The van der Waals surface area contributed by atoms with Crippen LogP contribution in [0.5, 0.6) is 0 Å². The van der Waals surface area contributed by atoms with Crippen LogP contribution in [-0.2, 0) is 0 Å². The predicted octanol–water partition coefficient (Wildman–Crippen LogP) is 2.05. The van der Waals surface area contributed by atoms with Gasteiger partial charge in [0.25, 0.3) is 0 Å². The van der Waals surface area contributed by atoms with E-state index in [0.717, 1.165) is 5.56 Å². The first-order valence-corrected chi connectivity index (χ1v) is 4.33. The third kappa shape index (κ3) is 3.26. The Kier molecular flexibility index (Phi) is 3.67. The molecule has 1 heterocycles. The number of pyridine rings is 1. The number of aromatic nitrogens is 1. The van der Waals surface area contributed by atoms with Crippen molar-refractivity contribution in [2.24, 2.45) is 0 Å². The lowest BCUT2D eigenvalue weighted by atomic mass is 10.3. The molecule has 2 amide bonds. The summed E-state index contributed by atoms with van der Waals surface area (Å²) in [4.78, 5) is 15.2. The summed E-state index contributed by atoms with van der Waals surface area (Å²) < 4.78 is 0. The molecule has 0 radical (unpaired) electrons. The molecule has 0 saturated heterocycles. The van der Waals surface area contributed by atoms with Gasteiger partial charge in [-0.3, -0.25) is 5.32 Å². The molecule has 0 aliphatic heterocycles. The number of anilines is 1. The second-order valence-corrected chi connectivity index (χ2v) is 2.82. The van der Waals surface area contributed by atoms with E-state index in [-0.39, 0.29) is 6.03 Å². The predicted molar refractivity (Wildman–Crippen MR) is 55.9 cm³/mol. The first kappa shape index (κ1) is 10.2. The maximum atomic E-state index is 11.2. The highest BCUT2D eigenvalue weighted by molar-refractivity contribution is 5.88. The van der Waals surface area contributed by atoms with Gasteiger partial charge in [0.2, 0.25) is 0 Å². The van der Waals surface area contributed by atoms with Gasteiger partial charge in [0.15, 0.2) is 0 Å². The van der Waals surface area contributed by atoms with E-state index in [1.807, 2.05) is 19.9 Å². The average molecular weight is 191 g/mol. The van der Waals surface area contributed by atoms with Crippen LogP contribution in [0.15, 0.2) is 30.6 Å². The van der Waals surface area contributed by atoms with Gasteiger partial charge in [-0.15, -0.1) is 0 Å². The molecule has 2 N–H and O–H groups in total. The Labute approximate surface area is 83.0 Å². The summed E-state index contributed by atoms with van der Waals surface area (Å²) in [7, 11) is 0. The second kappa shape index (κ2) is 5.01. The van der Waals surface area contributed by atoms with E-state index in [4.69, 9.17) is 0 Å². The van der Waals surface area contributed by atoms with E-state index in [9.17, 15) is 4.79 Å². The zero-order valence-corrected chi connectivity index (χ0v) is 8.24. The molecule has 0 bridgehead atoms. The molecule has 0 aromatic carbocycles. The Morgan fingerprint density at radius 3 is 3.00 bits per heavy atom. The topological polar surface area (TPSA) is 54.0 Å². The smallest absolute Gasteiger partial charge is 0.315 e. The minimum atomic E-state index is -0.291. The number of hydrogen-bond donors (Lipinski definition) is 2. The zero-order valence-electron chi connectivity index (χ0n) is 8.24. The Hall–Kier alpha value is -1.84. The maximum Gasteiger partial charge on any atom is 0.324 e. The number of allylic oxidation sites excluding steroid dienone is 1. The molecule has 0 spiro atoms. The number of amides is 2. The summed E-state index contributed by atoms with van der Waals surface area (Å²) in [5.41, 5.74) is 1.06. The van der Waals surface area contributed by atoms with Crippen LogP contribution in [-0.4, -0.2) is 11.0 Å². The number of nitrogens with zero attached hydrogens (tertiary/aromatic N) is 1. The molecule has 74 valence electrons. The van der Waals surface area contributed by atoms with E-state index < -0.39 is 0 Å². The van der Waals surface area contributed by atoms with Gasteiger partial charge in [0, 0.05) is 12.4 Å². The van der Waals surface area contributed by atoms with Crippen molar-refractivity contribution in [2.75, 3.05) is 5.32 Å². The van der Waals surface area contributed by atoms with Crippen LogP contribution in [0.25, 0.3) is 0 Å². The largest absolute Gasteiger partial charge is 0.324 e. The Morgan fingerprint density at radius 1 is 1.57 bits per heavy atom. The van der Waals surface area contributed by atoms with Crippen LogP contribution in [0.4, 0.5) is 10.6 Å². The van der Waals surface area contributed by atoms with Crippen molar-refractivity contribution in [1.82, 2.24) is 10.3 Å². The zero-order chi connectivity index (χ0) is 10.4. The summed E-state index contributed by atoms with van der Waals surface area (Å²) in [6.07, 6.45) is 4.95. The van der Waals surface area contributed by atoms with Gasteiger partial charge >= 0.3 is 6.03 Å². The normalized spacial score (nSPS) is 10.1. The van der Waals surface area contributed by atoms with Crippen LogP contribution < -0.4 is 10.6 Å². The monoisotopic (exact) mass is 191 g/mol. The highest BCUT2D eigenvalue weighted by Crippen LogP contribution is 2.04. The molecule has 1 aromatic heterocycles. The van der Waals surface area contributed by atoms with Gasteiger partial charge in [-0.05, 0) is 31.5 Å². The third-order valence-corrected chi connectivity index (χ3v) is 1.54. The quantitative estimate of drug-likeness (QED) is 0.751. The van der Waals surface area contributed by atoms with E-state index in [0.29, 0.717) is 5.82 Å². The molecule has 0 aliphatic carbocycles. The summed E-state index contributed by atoms with van der Waals surface area (Å²) in [5, 5.41) is 5.13. The third-order valence-electron chi connectivity index (χ3n) is 1.54. The van der Waals surface area contributed by atoms with Crippen LogP contribution in [0.2, 0.25) is 0 Å². The van der Waals surface area contributed by atoms with Crippen LogP contribution in [0, 0.1) is 6.92 Å². The van der Waals surface area contributed by atoms with Gasteiger partial charge in [-0.1, -0.05) is 6.08 Å². The van der Waals surface area contributed by atoms with Gasteiger partial charge in [0.1, 0.15) is 5.82 Å². The lowest BCUT2D eigenvalue weighted by Gasteiger charge is -2.03. The van der Waals surface area contributed by atoms with Gasteiger partial charge in [-0.2, -0.15) is 0 Å². The average Bonchev–Trinajstić information content (AvgIpc) is 2.15. The van der Waals surface area contributed by atoms with E-state index in [2.05, 4.69) is 15.6 Å². The van der Waals surface area contributed by atoms with Gasteiger partial charge < -0.3 is 5.32 Å². The number of rotatable bonds is 2. The summed E-state index contributed by atoms with van der Waals surface area (Å²) in [5.74, 6) is 0.548. The summed E-state index contributed by atoms with van der Waals surface area (Å²) in [6.45, 7) is 3.77. The molecule has 14 heavy (non-hydrogen) atoms. The van der Waals surface area contributed by atoms with Crippen molar-refractivity contribution in [3.8, 4) is 0 Å². The standard InChI is InChI=1S/C10H13N3O/c1-3-5-12-10(14)13-9-7-8(2)4-6-11-9/h3-7H,1-2H3,(H2,11,12,13,14)/b5-3+. The first-order chi connectivity index (χ1) is 6.72. The highest BCUT2D eigenvalue weighted by atomic mass is 16.2. The van der Waals surface area contributed by atoms with Crippen molar-refractivity contribution in [1.29, 1.82) is 0 Å². The van der Waals surface area contributed by atoms with Crippen molar-refractivity contribution in [2.45, 2.75) is 13.8 Å². The first-order valence-electron chi connectivity index (χ1n) is 4.33. The fraction of sp³-hybridized carbons (Fsp3) is 0.200.